The zero-order valence-electron chi connectivity index (χ0n) is 14.2. The van der Waals surface area contributed by atoms with E-state index in [0.717, 1.165) is 11.1 Å². The molecule has 132 valence electrons. The third kappa shape index (κ3) is 4.11. The van der Waals surface area contributed by atoms with Crippen molar-refractivity contribution < 1.29 is 17.9 Å². The molecule has 0 spiro atoms. The van der Waals surface area contributed by atoms with E-state index in [1.54, 1.807) is 12.1 Å². The number of fused-ring (bicyclic) bond motifs is 1. The minimum absolute atomic E-state index is 0.0877. The molecule has 0 saturated heterocycles. The molecule has 2 aromatic carbocycles. The highest BCUT2D eigenvalue weighted by Crippen LogP contribution is 2.32. The van der Waals surface area contributed by atoms with Gasteiger partial charge in [-0.05, 0) is 49.2 Å². The fraction of sp³-hybridized carbons (Fsp3) is 0.278. The summed E-state index contributed by atoms with van der Waals surface area (Å²) in [4.78, 5) is 12.0. The summed E-state index contributed by atoms with van der Waals surface area (Å²) in [5.74, 6) is 0.372. The summed E-state index contributed by atoms with van der Waals surface area (Å²) < 4.78 is 30.3. The second kappa shape index (κ2) is 6.76. The van der Waals surface area contributed by atoms with Crippen LogP contribution >= 0.6 is 0 Å². The summed E-state index contributed by atoms with van der Waals surface area (Å²) in [5.41, 5.74) is 3.34. The van der Waals surface area contributed by atoms with Gasteiger partial charge in [0.15, 0.2) is 6.61 Å². The van der Waals surface area contributed by atoms with Gasteiger partial charge in [0, 0.05) is 12.2 Å². The van der Waals surface area contributed by atoms with E-state index in [1.165, 1.54) is 10.6 Å². The number of sulfonamides is 1. The summed E-state index contributed by atoms with van der Waals surface area (Å²) in [6.45, 7) is 2.33. The lowest BCUT2D eigenvalue weighted by Gasteiger charge is -2.16. The molecule has 1 amide bonds. The van der Waals surface area contributed by atoms with E-state index < -0.39 is 10.0 Å². The van der Waals surface area contributed by atoms with Crippen molar-refractivity contribution in [2.24, 2.45) is 0 Å². The maximum atomic E-state index is 12.0. The first-order valence-electron chi connectivity index (χ1n) is 7.93. The average molecular weight is 360 g/mol. The highest BCUT2D eigenvalue weighted by Gasteiger charge is 2.26. The first-order valence-corrected chi connectivity index (χ1v) is 9.78. The number of benzene rings is 2. The Morgan fingerprint density at radius 3 is 2.60 bits per heavy atom. The second-order valence-electron chi connectivity index (χ2n) is 6.08. The Morgan fingerprint density at radius 2 is 1.92 bits per heavy atom. The van der Waals surface area contributed by atoms with Crippen molar-refractivity contribution in [2.75, 3.05) is 29.0 Å². The number of anilines is 2. The van der Waals surface area contributed by atoms with Crippen LogP contribution in [0.3, 0.4) is 0 Å². The number of carbonyl (C=O) groups excluding carboxylic acids is 1. The van der Waals surface area contributed by atoms with Crippen LogP contribution in [-0.2, 0) is 21.2 Å². The van der Waals surface area contributed by atoms with Crippen molar-refractivity contribution in [1.82, 2.24) is 0 Å². The lowest BCUT2D eigenvalue weighted by atomic mass is 10.1. The van der Waals surface area contributed by atoms with Gasteiger partial charge in [-0.25, -0.2) is 8.42 Å². The van der Waals surface area contributed by atoms with Crippen molar-refractivity contribution in [3.05, 3.63) is 53.6 Å². The van der Waals surface area contributed by atoms with Crippen LogP contribution in [-0.4, -0.2) is 33.7 Å². The molecule has 0 aliphatic carbocycles. The van der Waals surface area contributed by atoms with Crippen molar-refractivity contribution in [2.45, 2.75) is 13.3 Å². The zero-order chi connectivity index (χ0) is 18.0. The Bertz CT molecular complexity index is 892. The molecule has 6 nitrogen and oxygen atoms in total. The molecule has 1 aliphatic heterocycles. The van der Waals surface area contributed by atoms with E-state index in [9.17, 15) is 13.2 Å². The van der Waals surface area contributed by atoms with Crippen molar-refractivity contribution >= 4 is 27.3 Å². The number of nitrogens with zero attached hydrogens (tertiary/aromatic N) is 1. The van der Waals surface area contributed by atoms with Gasteiger partial charge in [-0.1, -0.05) is 17.7 Å². The van der Waals surface area contributed by atoms with Gasteiger partial charge in [-0.15, -0.1) is 0 Å². The van der Waals surface area contributed by atoms with Crippen molar-refractivity contribution in [3.63, 3.8) is 0 Å². The Hall–Kier alpha value is -2.54. The van der Waals surface area contributed by atoms with Crippen LogP contribution in [0.2, 0.25) is 0 Å². The van der Waals surface area contributed by atoms with Gasteiger partial charge in [0.05, 0.1) is 11.9 Å². The fourth-order valence-corrected chi connectivity index (χ4v) is 3.73. The van der Waals surface area contributed by atoms with Crippen molar-refractivity contribution in [1.29, 1.82) is 0 Å². The van der Waals surface area contributed by atoms with Crippen LogP contribution in [0.1, 0.15) is 11.1 Å². The van der Waals surface area contributed by atoms with Gasteiger partial charge in [0.1, 0.15) is 5.75 Å². The Kier molecular flexibility index (Phi) is 4.67. The van der Waals surface area contributed by atoms with Crippen LogP contribution in [0.4, 0.5) is 11.4 Å². The smallest absolute Gasteiger partial charge is 0.262 e. The molecule has 0 unspecified atom stereocenters. The number of hydrogen-bond acceptors (Lipinski definition) is 4. The Morgan fingerprint density at radius 1 is 1.20 bits per heavy atom. The topological polar surface area (TPSA) is 75.7 Å². The molecular formula is C18H20N2O4S. The molecule has 0 bridgehead atoms. The Balaban J connectivity index is 1.62. The quantitative estimate of drug-likeness (QED) is 0.888. The zero-order valence-corrected chi connectivity index (χ0v) is 15.0. The molecule has 1 heterocycles. The minimum atomic E-state index is -3.27. The van der Waals surface area contributed by atoms with Crippen LogP contribution in [0.5, 0.6) is 5.75 Å². The number of amides is 1. The molecule has 1 aliphatic rings. The minimum Gasteiger partial charge on any atom is -0.484 e. The van der Waals surface area contributed by atoms with E-state index in [2.05, 4.69) is 5.32 Å². The molecular weight excluding hydrogens is 340 g/mol. The second-order valence-corrected chi connectivity index (χ2v) is 7.99. The van der Waals surface area contributed by atoms with Crippen LogP contribution in [0.15, 0.2) is 42.5 Å². The molecule has 0 radical (unpaired) electrons. The lowest BCUT2D eigenvalue weighted by Crippen LogP contribution is -2.27. The van der Waals surface area contributed by atoms with E-state index in [-0.39, 0.29) is 12.5 Å². The number of aryl methyl sites for hydroxylation is 1. The highest BCUT2D eigenvalue weighted by atomic mass is 32.2. The molecule has 1 N–H and O–H groups in total. The molecule has 7 heteroatoms. The van der Waals surface area contributed by atoms with Gasteiger partial charge in [0.25, 0.3) is 5.91 Å². The predicted octanol–water partition coefficient (Wildman–Crippen LogP) is 2.33. The standard InChI is InChI=1S/C18H20N2O4S/c1-13-3-6-16(7-4-13)24-12-18(21)19-15-5-8-17-14(11-15)9-10-20(17)25(2,22)23/h3-8,11H,9-10,12H2,1-2H3,(H,19,21). The normalized spacial score (nSPS) is 13.4. The summed E-state index contributed by atoms with van der Waals surface area (Å²) in [5, 5.41) is 2.77. The summed E-state index contributed by atoms with van der Waals surface area (Å²) in [6.07, 6.45) is 1.83. The molecule has 0 fully saturated rings. The molecule has 0 aromatic heterocycles. The van der Waals surface area contributed by atoms with Crippen LogP contribution in [0, 0.1) is 6.92 Å². The molecule has 0 saturated carbocycles. The highest BCUT2D eigenvalue weighted by molar-refractivity contribution is 7.92. The van der Waals surface area contributed by atoms with E-state index in [0.29, 0.717) is 30.1 Å². The first-order chi connectivity index (χ1) is 11.8. The number of ether oxygens (including phenoxy) is 1. The molecule has 25 heavy (non-hydrogen) atoms. The maximum Gasteiger partial charge on any atom is 0.262 e. The van der Waals surface area contributed by atoms with Gasteiger partial charge in [-0.2, -0.15) is 0 Å². The maximum absolute atomic E-state index is 12.0. The van der Waals surface area contributed by atoms with E-state index in [4.69, 9.17) is 4.74 Å². The summed E-state index contributed by atoms with van der Waals surface area (Å²) in [6, 6.07) is 12.7. The average Bonchev–Trinajstić information content (AvgIpc) is 2.98. The third-order valence-electron chi connectivity index (χ3n) is 4.01. The number of hydrogen-bond donors (Lipinski definition) is 1. The fourth-order valence-electron chi connectivity index (χ4n) is 2.77. The number of nitrogens with one attached hydrogen (secondary N) is 1. The third-order valence-corrected chi connectivity index (χ3v) is 5.19. The van der Waals surface area contributed by atoms with Gasteiger partial charge >= 0.3 is 0 Å². The summed E-state index contributed by atoms with van der Waals surface area (Å²) >= 11 is 0. The Labute approximate surface area is 147 Å². The van der Waals surface area contributed by atoms with Crippen LogP contribution in [0.25, 0.3) is 0 Å². The number of carbonyl (C=O) groups is 1. The molecule has 3 rings (SSSR count). The van der Waals surface area contributed by atoms with Gasteiger partial charge < -0.3 is 10.1 Å². The molecule has 0 atom stereocenters. The van der Waals surface area contributed by atoms with E-state index >= 15 is 0 Å². The first kappa shape index (κ1) is 17.3. The lowest BCUT2D eigenvalue weighted by molar-refractivity contribution is -0.118. The van der Waals surface area contributed by atoms with Crippen LogP contribution < -0.4 is 14.4 Å². The largest absolute Gasteiger partial charge is 0.484 e. The monoisotopic (exact) mass is 360 g/mol. The number of rotatable bonds is 5. The van der Waals surface area contributed by atoms with Gasteiger partial charge in [0.2, 0.25) is 10.0 Å². The van der Waals surface area contributed by atoms with Gasteiger partial charge in [-0.3, -0.25) is 9.10 Å². The summed E-state index contributed by atoms with van der Waals surface area (Å²) in [7, 11) is -3.27. The SMILES string of the molecule is Cc1ccc(OCC(=O)Nc2ccc3c(c2)CCN3S(C)(=O)=O)cc1. The molecule has 2 aromatic rings. The predicted molar refractivity (Wildman–Crippen MR) is 97.6 cm³/mol. The van der Waals surface area contributed by atoms with E-state index in [1.807, 2.05) is 37.3 Å². The van der Waals surface area contributed by atoms with Crippen molar-refractivity contribution in [3.8, 4) is 5.75 Å².